The minimum absolute atomic E-state index is 0.0775. The standard InChI is InChI=1S/C11H13NO3/c1-2-15-11(14)12-8-5-3-4-6-9(12)10(13)7-8/h3-6,8-9H,2,7H2,1H3. The van der Waals surface area contributed by atoms with E-state index >= 15 is 0 Å². The highest BCUT2D eigenvalue weighted by molar-refractivity contribution is 5.93. The third kappa shape index (κ3) is 1.67. The molecule has 80 valence electrons. The molecule has 0 aromatic heterocycles. The quantitative estimate of drug-likeness (QED) is 0.650. The third-order valence-electron chi connectivity index (χ3n) is 2.61. The Morgan fingerprint density at radius 3 is 3.00 bits per heavy atom. The van der Waals surface area contributed by atoms with E-state index in [0.717, 1.165) is 0 Å². The minimum Gasteiger partial charge on any atom is -0.450 e. The molecule has 4 nitrogen and oxygen atoms in total. The van der Waals surface area contributed by atoms with E-state index in [1.807, 2.05) is 12.2 Å². The van der Waals surface area contributed by atoms with Crippen molar-refractivity contribution >= 4 is 11.9 Å². The summed E-state index contributed by atoms with van der Waals surface area (Å²) in [4.78, 5) is 24.7. The molecule has 0 saturated carbocycles. The molecule has 0 aromatic carbocycles. The van der Waals surface area contributed by atoms with E-state index in [2.05, 4.69) is 0 Å². The van der Waals surface area contributed by atoms with Crippen molar-refractivity contribution in [1.29, 1.82) is 0 Å². The summed E-state index contributed by atoms with van der Waals surface area (Å²) in [5.74, 6) is 0.0775. The topological polar surface area (TPSA) is 46.6 Å². The van der Waals surface area contributed by atoms with E-state index < -0.39 is 12.1 Å². The molecule has 4 heteroatoms. The molecule has 2 rings (SSSR count). The van der Waals surface area contributed by atoms with E-state index in [4.69, 9.17) is 4.74 Å². The molecule has 2 aliphatic rings. The maximum absolute atomic E-state index is 11.6. The molecule has 0 radical (unpaired) electrons. The molecule has 1 amide bonds. The zero-order chi connectivity index (χ0) is 10.8. The van der Waals surface area contributed by atoms with E-state index in [1.54, 1.807) is 19.1 Å². The molecule has 0 aliphatic carbocycles. The van der Waals surface area contributed by atoms with Crippen molar-refractivity contribution < 1.29 is 14.3 Å². The van der Waals surface area contributed by atoms with Crippen LogP contribution < -0.4 is 0 Å². The summed E-state index contributed by atoms with van der Waals surface area (Å²) < 4.78 is 4.93. The zero-order valence-electron chi connectivity index (χ0n) is 8.55. The summed E-state index contributed by atoms with van der Waals surface area (Å²) in [6.45, 7) is 2.08. The number of rotatable bonds is 1. The molecular weight excluding hydrogens is 194 g/mol. The number of amides is 1. The van der Waals surface area contributed by atoms with Crippen LogP contribution in [0.2, 0.25) is 0 Å². The van der Waals surface area contributed by atoms with Crippen LogP contribution in [0.4, 0.5) is 4.79 Å². The Balaban J connectivity index is 2.24. The number of hydrogen-bond acceptors (Lipinski definition) is 3. The van der Waals surface area contributed by atoms with Crippen LogP contribution in [0, 0.1) is 0 Å². The van der Waals surface area contributed by atoms with Crippen LogP contribution in [-0.4, -0.2) is 35.5 Å². The van der Waals surface area contributed by atoms with Crippen LogP contribution in [0.1, 0.15) is 13.3 Å². The molecule has 1 saturated heterocycles. The Labute approximate surface area is 88.2 Å². The normalized spacial score (nSPS) is 28.1. The SMILES string of the molecule is CCOC(=O)N1C2C=CC=CC1C(=O)C2. The molecule has 0 aromatic rings. The van der Waals surface area contributed by atoms with E-state index in [9.17, 15) is 9.59 Å². The van der Waals surface area contributed by atoms with Gasteiger partial charge in [-0.3, -0.25) is 9.69 Å². The average molecular weight is 207 g/mol. The van der Waals surface area contributed by atoms with Crippen LogP contribution in [-0.2, 0) is 9.53 Å². The van der Waals surface area contributed by atoms with Gasteiger partial charge >= 0.3 is 6.09 Å². The first-order valence-electron chi connectivity index (χ1n) is 5.07. The summed E-state index contributed by atoms with van der Waals surface area (Å²) in [5, 5.41) is 0. The van der Waals surface area contributed by atoms with Crippen LogP contribution in [0.5, 0.6) is 0 Å². The number of ketones is 1. The second-order valence-corrected chi connectivity index (χ2v) is 3.56. The molecule has 2 bridgehead atoms. The second-order valence-electron chi connectivity index (χ2n) is 3.56. The fraction of sp³-hybridized carbons (Fsp3) is 0.455. The van der Waals surface area contributed by atoms with Gasteiger partial charge in [0.1, 0.15) is 6.04 Å². The summed E-state index contributed by atoms with van der Waals surface area (Å²) in [5.41, 5.74) is 0. The number of hydrogen-bond donors (Lipinski definition) is 0. The highest BCUT2D eigenvalue weighted by Crippen LogP contribution is 2.26. The molecule has 0 N–H and O–H groups in total. The van der Waals surface area contributed by atoms with Crippen LogP contribution in [0.3, 0.4) is 0 Å². The van der Waals surface area contributed by atoms with Gasteiger partial charge < -0.3 is 4.74 Å². The Morgan fingerprint density at radius 1 is 1.53 bits per heavy atom. The first kappa shape index (κ1) is 9.96. The van der Waals surface area contributed by atoms with E-state index in [0.29, 0.717) is 13.0 Å². The highest BCUT2D eigenvalue weighted by Gasteiger charge is 2.41. The monoisotopic (exact) mass is 207 g/mol. The molecule has 2 unspecified atom stereocenters. The van der Waals surface area contributed by atoms with Gasteiger partial charge in [0.2, 0.25) is 0 Å². The molecule has 0 spiro atoms. The largest absolute Gasteiger partial charge is 0.450 e. The number of ether oxygens (including phenoxy) is 1. The van der Waals surface area contributed by atoms with Gasteiger partial charge in [-0.15, -0.1) is 0 Å². The Morgan fingerprint density at radius 2 is 2.27 bits per heavy atom. The van der Waals surface area contributed by atoms with Crippen molar-refractivity contribution in [1.82, 2.24) is 4.90 Å². The lowest BCUT2D eigenvalue weighted by Crippen LogP contribution is -2.40. The number of nitrogens with zero attached hydrogens (tertiary/aromatic N) is 1. The maximum Gasteiger partial charge on any atom is 0.411 e. The molecule has 2 heterocycles. The Hall–Kier alpha value is -1.58. The summed E-state index contributed by atoms with van der Waals surface area (Å²) in [6.07, 6.45) is 7.25. The molecule has 2 aliphatic heterocycles. The first-order valence-corrected chi connectivity index (χ1v) is 5.07. The molecule has 2 atom stereocenters. The highest BCUT2D eigenvalue weighted by atomic mass is 16.6. The van der Waals surface area contributed by atoms with Gasteiger partial charge in [-0.1, -0.05) is 24.3 Å². The summed E-state index contributed by atoms with van der Waals surface area (Å²) in [7, 11) is 0. The van der Waals surface area contributed by atoms with Crippen LogP contribution in [0.25, 0.3) is 0 Å². The van der Waals surface area contributed by atoms with Gasteiger partial charge in [-0.2, -0.15) is 0 Å². The smallest absolute Gasteiger partial charge is 0.411 e. The van der Waals surface area contributed by atoms with Gasteiger partial charge in [0, 0.05) is 6.42 Å². The van der Waals surface area contributed by atoms with Gasteiger partial charge in [-0.25, -0.2) is 4.79 Å². The number of carbonyl (C=O) groups is 2. The Kier molecular flexibility index (Phi) is 2.58. The lowest BCUT2D eigenvalue weighted by Gasteiger charge is -2.23. The maximum atomic E-state index is 11.6. The van der Waals surface area contributed by atoms with Crippen molar-refractivity contribution in [3.63, 3.8) is 0 Å². The second kappa shape index (κ2) is 3.88. The van der Waals surface area contributed by atoms with E-state index in [1.165, 1.54) is 4.90 Å². The van der Waals surface area contributed by atoms with Crippen molar-refractivity contribution in [3.8, 4) is 0 Å². The Bertz CT molecular complexity index is 346. The van der Waals surface area contributed by atoms with Crippen molar-refractivity contribution in [3.05, 3.63) is 24.3 Å². The number of fused-ring (bicyclic) bond motifs is 2. The lowest BCUT2D eigenvalue weighted by atomic mass is 10.1. The fourth-order valence-electron chi connectivity index (χ4n) is 1.96. The molecular formula is C11H13NO3. The van der Waals surface area contributed by atoms with Crippen LogP contribution in [0.15, 0.2) is 24.3 Å². The van der Waals surface area contributed by atoms with Gasteiger partial charge in [0.15, 0.2) is 5.78 Å². The number of Topliss-reactive ketones (excluding diaryl/α,β-unsaturated/α-hetero) is 1. The predicted octanol–water partition coefficient (Wildman–Crippen LogP) is 1.28. The zero-order valence-corrected chi connectivity index (χ0v) is 8.55. The van der Waals surface area contributed by atoms with Crippen molar-refractivity contribution in [2.45, 2.75) is 25.4 Å². The number of allylic oxidation sites excluding steroid dienone is 2. The summed E-state index contributed by atoms with van der Waals surface area (Å²) in [6, 6.07) is -0.583. The third-order valence-corrected chi connectivity index (χ3v) is 2.61. The lowest BCUT2D eigenvalue weighted by molar-refractivity contribution is -0.118. The molecule has 15 heavy (non-hydrogen) atoms. The fourth-order valence-corrected chi connectivity index (χ4v) is 1.96. The van der Waals surface area contributed by atoms with Gasteiger partial charge in [0.25, 0.3) is 0 Å². The predicted molar refractivity (Wildman–Crippen MR) is 54.3 cm³/mol. The van der Waals surface area contributed by atoms with E-state index in [-0.39, 0.29) is 11.8 Å². The summed E-state index contributed by atoms with van der Waals surface area (Å²) >= 11 is 0. The van der Waals surface area contributed by atoms with Crippen LogP contribution >= 0.6 is 0 Å². The minimum atomic E-state index is -0.441. The molecule has 1 fully saturated rings. The first-order chi connectivity index (χ1) is 7.24. The average Bonchev–Trinajstić information content (AvgIpc) is 2.38. The van der Waals surface area contributed by atoms with Gasteiger partial charge in [-0.05, 0) is 6.92 Å². The van der Waals surface area contributed by atoms with Crippen molar-refractivity contribution in [2.24, 2.45) is 0 Å². The van der Waals surface area contributed by atoms with Gasteiger partial charge in [0.05, 0.1) is 12.6 Å². The van der Waals surface area contributed by atoms with Crippen molar-refractivity contribution in [2.75, 3.05) is 6.61 Å². The number of carbonyl (C=O) groups excluding carboxylic acids is 2.